The number of carbonyl (C=O) groups excluding carboxylic acids is 1. The number of benzene rings is 1. The van der Waals surface area contributed by atoms with E-state index < -0.39 is 0 Å². The van der Waals surface area contributed by atoms with E-state index in [0.29, 0.717) is 11.5 Å². The summed E-state index contributed by atoms with van der Waals surface area (Å²) in [4.78, 5) is 12.1. The van der Waals surface area contributed by atoms with Crippen molar-refractivity contribution >= 4 is 22.3 Å². The minimum Gasteiger partial charge on any atom is -0.462 e. The largest absolute Gasteiger partial charge is 0.462 e. The van der Waals surface area contributed by atoms with Crippen LogP contribution in [0.1, 0.15) is 22.2 Å². The summed E-state index contributed by atoms with van der Waals surface area (Å²) in [6, 6.07) is 13.8. The van der Waals surface area contributed by atoms with E-state index in [1.807, 2.05) is 24.3 Å². The van der Waals surface area contributed by atoms with Crippen molar-refractivity contribution in [3.05, 3.63) is 52.9 Å². The van der Waals surface area contributed by atoms with Crippen LogP contribution in [0.25, 0.3) is 0 Å². The van der Waals surface area contributed by atoms with Gasteiger partial charge >= 0.3 is 5.97 Å². The SMILES string of the molecule is CCOC(=O)c1ccc(NCc2ccccc2)s1. The van der Waals surface area contributed by atoms with Gasteiger partial charge in [-0.1, -0.05) is 30.3 Å². The van der Waals surface area contributed by atoms with Crippen LogP contribution in [0.15, 0.2) is 42.5 Å². The fourth-order valence-electron chi connectivity index (χ4n) is 1.53. The topological polar surface area (TPSA) is 38.3 Å². The number of rotatable bonds is 5. The van der Waals surface area contributed by atoms with E-state index in [-0.39, 0.29) is 5.97 Å². The van der Waals surface area contributed by atoms with Crippen LogP contribution < -0.4 is 5.32 Å². The van der Waals surface area contributed by atoms with Crippen LogP contribution in [0.5, 0.6) is 0 Å². The van der Waals surface area contributed by atoms with Crippen molar-refractivity contribution in [2.24, 2.45) is 0 Å². The number of hydrogen-bond donors (Lipinski definition) is 1. The average Bonchev–Trinajstić information content (AvgIpc) is 2.87. The second-order valence-electron chi connectivity index (χ2n) is 3.72. The molecule has 0 amide bonds. The van der Waals surface area contributed by atoms with Gasteiger partial charge in [0.2, 0.25) is 0 Å². The van der Waals surface area contributed by atoms with Crippen LogP contribution in [-0.2, 0) is 11.3 Å². The molecular weight excluding hydrogens is 246 g/mol. The van der Waals surface area contributed by atoms with Gasteiger partial charge in [0.15, 0.2) is 0 Å². The molecule has 3 nitrogen and oxygen atoms in total. The van der Waals surface area contributed by atoms with Gasteiger partial charge in [-0.2, -0.15) is 0 Å². The van der Waals surface area contributed by atoms with E-state index in [1.54, 1.807) is 13.0 Å². The van der Waals surface area contributed by atoms with Gasteiger partial charge < -0.3 is 10.1 Å². The van der Waals surface area contributed by atoms with Gasteiger partial charge in [0.05, 0.1) is 11.6 Å². The zero-order valence-corrected chi connectivity index (χ0v) is 11.0. The maximum Gasteiger partial charge on any atom is 0.348 e. The highest BCUT2D eigenvalue weighted by Gasteiger charge is 2.09. The highest BCUT2D eigenvalue weighted by atomic mass is 32.1. The Morgan fingerprint density at radius 3 is 2.72 bits per heavy atom. The fourth-order valence-corrected chi connectivity index (χ4v) is 2.33. The Kier molecular flexibility index (Phi) is 4.36. The molecule has 0 aliphatic rings. The zero-order chi connectivity index (χ0) is 12.8. The normalized spacial score (nSPS) is 10.1. The third-order valence-corrected chi connectivity index (χ3v) is 3.42. The molecule has 1 aromatic heterocycles. The van der Waals surface area contributed by atoms with Crippen molar-refractivity contribution in [3.63, 3.8) is 0 Å². The van der Waals surface area contributed by atoms with E-state index in [1.165, 1.54) is 16.9 Å². The van der Waals surface area contributed by atoms with Gasteiger partial charge in [0.25, 0.3) is 0 Å². The Morgan fingerprint density at radius 2 is 2.00 bits per heavy atom. The van der Waals surface area contributed by atoms with E-state index >= 15 is 0 Å². The quantitative estimate of drug-likeness (QED) is 0.837. The molecule has 94 valence electrons. The maximum absolute atomic E-state index is 11.5. The van der Waals surface area contributed by atoms with E-state index in [0.717, 1.165) is 11.5 Å². The Morgan fingerprint density at radius 1 is 1.22 bits per heavy atom. The molecule has 2 aromatic rings. The Bertz CT molecular complexity index is 508. The fraction of sp³-hybridized carbons (Fsp3) is 0.214. The predicted octanol–water partition coefficient (Wildman–Crippen LogP) is 3.54. The molecule has 4 heteroatoms. The number of thiophene rings is 1. The lowest BCUT2D eigenvalue weighted by molar-refractivity contribution is 0.0532. The lowest BCUT2D eigenvalue weighted by atomic mass is 10.2. The van der Waals surface area contributed by atoms with Gasteiger partial charge in [-0.05, 0) is 24.6 Å². The van der Waals surface area contributed by atoms with Crippen molar-refractivity contribution in [1.29, 1.82) is 0 Å². The number of hydrogen-bond acceptors (Lipinski definition) is 4. The highest BCUT2D eigenvalue weighted by molar-refractivity contribution is 7.17. The van der Waals surface area contributed by atoms with Gasteiger partial charge in [0, 0.05) is 6.54 Å². The van der Waals surface area contributed by atoms with E-state index in [4.69, 9.17) is 4.74 Å². The Labute approximate surface area is 110 Å². The second-order valence-corrected chi connectivity index (χ2v) is 4.81. The second kappa shape index (κ2) is 6.21. The van der Waals surface area contributed by atoms with Crippen LogP contribution in [0.4, 0.5) is 5.00 Å². The van der Waals surface area contributed by atoms with Crippen LogP contribution in [0.2, 0.25) is 0 Å². The molecule has 0 aliphatic heterocycles. The molecule has 2 rings (SSSR count). The van der Waals surface area contributed by atoms with Crippen LogP contribution >= 0.6 is 11.3 Å². The molecule has 0 atom stereocenters. The molecule has 18 heavy (non-hydrogen) atoms. The van der Waals surface area contributed by atoms with Crippen molar-refractivity contribution in [3.8, 4) is 0 Å². The van der Waals surface area contributed by atoms with Crippen LogP contribution in [-0.4, -0.2) is 12.6 Å². The lowest BCUT2D eigenvalue weighted by Gasteiger charge is -2.03. The number of anilines is 1. The first kappa shape index (κ1) is 12.6. The highest BCUT2D eigenvalue weighted by Crippen LogP contribution is 2.23. The summed E-state index contributed by atoms with van der Waals surface area (Å²) in [6.45, 7) is 2.97. The molecule has 0 bridgehead atoms. The number of esters is 1. The Hall–Kier alpha value is -1.81. The molecule has 0 saturated heterocycles. The van der Waals surface area contributed by atoms with Crippen molar-refractivity contribution in [2.45, 2.75) is 13.5 Å². The third-order valence-electron chi connectivity index (χ3n) is 2.39. The average molecular weight is 261 g/mol. The third kappa shape index (κ3) is 3.34. The van der Waals surface area contributed by atoms with Crippen LogP contribution in [0.3, 0.4) is 0 Å². The summed E-state index contributed by atoms with van der Waals surface area (Å²) >= 11 is 1.41. The molecular formula is C14H15NO2S. The first-order valence-corrected chi connectivity index (χ1v) is 6.66. The van der Waals surface area contributed by atoms with E-state index in [9.17, 15) is 4.79 Å². The molecule has 0 radical (unpaired) electrons. The van der Waals surface area contributed by atoms with Crippen molar-refractivity contribution in [2.75, 3.05) is 11.9 Å². The number of carbonyl (C=O) groups is 1. The summed E-state index contributed by atoms with van der Waals surface area (Å²) in [5, 5.41) is 4.26. The summed E-state index contributed by atoms with van der Waals surface area (Å²) in [7, 11) is 0. The minimum absolute atomic E-state index is 0.254. The maximum atomic E-state index is 11.5. The molecule has 0 fully saturated rings. The summed E-state index contributed by atoms with van der Waals surface area (Å²) in [6.07, 6.45) is 0. The molecule has 1 aromatic carbocycles. The van der Waals surface area contributed by atoms with Crippen molar-refractivity contribution in [1.82, 2.24) is 0 Å². The summed E-state index contributed by atoms with van der Waals surface area (Å²) < 4.78 is 4.95. The molecule has 0 spiro atoms. The summed E-state index contributed by atoms with van der Waals surface area (Å²) in [5.74, 6) is -0.254. The van der Waals surface area contributed by atoms with E-state index in [2.05, 4.69) is 17.4 Å². The van der Waals surface area contributed by atoms with Crippen molar-refractivity contribution < 1.29 is 9.53 Å². The Balaban J connectivity index is 1.93. The molecule has 0 unspecified atom stereocenters. The van der Waals surface area contributed by atoms with Gasteiger partial charge in [-0.3, -0.25) is 0 Å². The number of ether oxygens (including phenoxy) is 1. The molecule has 1 N–H and O–H groups in total. The van der Waals surface area contributed by atoms with Gasteiger partial charge in [-0.25, -0.2) is 4.79 Å². The first-order valence-electron chi connectivity index (χ1n) is 5.84. The van der Waals surface area contributed by atoms with Gasteiger partial charge in [-0.15, -0.1) is 11.3 Å². The minimum atomic E-state index is -0.254. The smallest absolute Gasteiger partial charge is 0.348 e. The molecule has 0 saturated carbocycles. The molecule has 1 heterocycles. The zero-order valence-electron chi connectivity index (χ0n) is 10.2. The standard InChI is InChI=1S/C14H15NO2S/c1-2-17-14(16)12-8-9-13(18-12)15-10-11-6-4-3-5-7-11/h3-9,15H,2,10H2,1H3. The monoisotopic (exact) mass is 261 g/mol. The molecule has 0 aliphatic carbocycles. The van der Waals surface area contributed by atoms with Gasteiger partial charge in [0.1, 0.15) is 4.88 Å². The van der Waals surface area contributed by atoms with Crippen LogP contribution in [0, 0.1) is 0 Å². The first-order chi connectivity index (χ1) is 8.79. The summed E-state index contributed by atoms with van der Waals surface area (Å²) in [5.41, 5.74) is 1.21. The predicted molar refractivity (Wildman–Crippen MR) is 74.0 cm³/mol. The lowest BCUT2D eigenvalue weighted by Crippen LogP contribution is -2.01. The number of nitrogens with one attached hydrogen (secondary N) is 1.